The lowest BCUT2D eigenvalue weighted by atomic mass is 10.1. The number of alkyl halides is 3. The predicted molar refractivity (Wildman–Crippen MR) is 70.0 cm³/mol. The lowest BCUT2D eigenvalue weighted by Gasteiger charge is -2.19. The molecule has 1 unspecified atom stereocenters. The third kappa shape index (κ3) is 3.18. The van der Waals surface area contributed by atoms with Crippen molar-refractivity contribution in [1.82, 2.24) is 0 Å². The summed E-state index contributed by atoms with van der Waals surface area (Å²) in [5.74, 6) is -0.564. The number of nitrogens with two attached hydrogens (primary N) is 1. The van der Waals surface area contributed by atoms with E-state index in [1.54, 1.807) is 0 Å². The summed E-state index contributed by atoms with van der Waals surface area (Å²) in [5.41, 5.74) is -0.808. The molecule has 0 aromatic heterocycles. The smallest absolute Gasteiger partial charge is 0.311 e. The summed E-state index contributed by atoms with van der Waals surface area (Å²) < 4.78 is 61.1. The maximum absolute atomic E-state index is 12.9. The minimum Gasteiger partial charge on any atom is -0.311 e. The zero-order valence-corrected chi connectivity index (χ0v) is 11.8. The first-order valence-electron chi connectivity index (χ1n) is 6.00. The summed E-state index contributed by atoms with van der Waals surface area (Å²) in [4.78, 5) is 12.8. The van der Waals surface area contributed by atoms with Crippen LogP contribution in [0.5, 0.6) is 0 Å². The first-order valence-corrected chi connectivity index (χ1v) is 7.61. The number of hydrogen-bond donors (Lipinski definition) is 1. The van der Waals surface area contributed by atoms with Crippen molar-refractivity contribution >= 4 is 21.6 Å². The van der Waals surface area contributed by atoms with Gasteiger partial charge < -0.3 is 4.90 Å². The molecule has 0 bridgehead atoms. The van der Waals surface area contributed by atoms with E-state index < -0.39 is 32.9 Å². The van der Waals surface area contributed by atoms with E-state index in [0.29, 0.717) is 0 Å². The van der Waals surface area contributed by atoms with E-state index >= 15 is 0 Å². The second-order valence-electron chi connectivity index (χ2n) is 4.92. The summed E-state index contributed by atoms with van der Waals surface area (Å²) in [6.07, 6.45) is -4.86. The van der Waals surface area contributed by atoms with Crippen LogP contribution in [0.25, 0.3) is 0 Å². The molecule has 1 aromatic carbocycles. The van der Waals surface area contributed by atoms with Gasteiger partial charge in [-0.15, -0.1) is 0 Å². The number of rotatable bonds is 2. The molecule has 1 amide bonds. The first kappa shape index (κ1) is 15.8. The molecule has 5 nitrogen and oxygen atoms in total. The fourth-order valence-electron chi connectivity index (χ4n) is 2.23. The van der Waals surface area contributed by atoms with Gasteiger partial charge in [0.15, 0.2) is 0 Å². The van der Waals surface area contributed by atoms with Gasteiger partial charge in [-0.05, 0) is 24.6 Å². The summed E-state index contributed by atoms with van der Waals surface area (Å²) in [6.45, 7) is 1.07. The maximum Gasteiger partial charge on any atom is 0.416 e. The lowest BCUT2D eigenvalue weighted by molar-refractivity contribution is -0.138. The van der Waals surface area contributed by atoms with E-state index in [4.69, 9.17) is 5.14 Å². The first-order chi connectivity index (χ1) is 9.50. The number of carbonyl (C=O) groups excluding carboxylic acids is 1. The number of anilines is 1. The topological polar surface area (TPSA) is 80.5 Å². The van der Waals surface area contributed by atoms with Crippen molar-refractivity contribution in [1.29, 1.82) is 0 Å². The third-order valence-corrected chi connectivity index (χ3v) is 4.64. The summed E-state index contributed by atoms with van der Waals surface area (Å²) >= 11 is 0. The highest BCUT2D eigenvalue weighted by atomic mass is 32.2. The number of halogens is 3. The zero-order valence-electron chi connectivity index (χ0n) is 11.0. The Bertz CT molecular complexity index is 685. The maximum atomic E-state index is 12.9. The molecule has 116 valence electrons. The molecule has 21 heavy (non-hydrogen) atoms. The number of carbonyl (C=O) groups is 1. The van der Waals surface area contributed by atoms with E-state index in [1.807, 2.05) is 0 Å². The molecule has 1 aliphatic heterocycles. The molecule has 1 aromatic rings. The minimum absolute atomic E-state index is 0.0177. The van der Waals surface area contributed by atoms with Gasteiger partial charge in [-0.2, -0.15) is 13.2 Å². The number of nitrogens with zero attached hydrogens (tertiary/aromatic N) is 1. The molecule has 9 heteroatoms. The molecule has 0 spiro atoms. The van der Waals surface area contributed by atoms with Gasteiger partial charge in [0, 0.05) is 18.7 Å². The number of hydrogen-bond acceptors (Lipinski definition) is 3. The summed E-state index contributed by atoms with van der Waals surface area (Å²) in [7, 11) is -3.91. The fraction of sp³-hybridized carbons (Fsp3) is 0.417. The molecule has 1 atom stereocenters. The van der Waals surface area contributed by atoms with Gasteiger partial charge >= 0.3 is 6.18 Å². The van der Waals surface area contributed by atoms with Gasteiger partial charge in [-0.1, -0.05) is 6.07 Å². The van der Waals surface area contributed by atoms with Gasteiger partial charge in [-0.3, -0.25) is 4.79 Å². The molecule has 0 radical (unpaired) electrons. The third-order valence-electron chi connectivity index (χ3n) is 3.39. The van der Waals surface area contributed by atoms with Crippen molar-refractivity contribution in [3.8, 4) is 0 Å². The van der Waals surface area contributed by atoms with Crippen LogP contribution in [0, 0.1) is 6.92 Å². The van der Waals surface area contributed by atoms with Crippen LogP contribution in [0.2, 0.25) is 0 Å². The molecule has 1 saturated heterocycles. The number of aryl methyl sites for hydroxylation is 1. The molecular formula is C12H13F3N2O3S. The average molecular weight is 322 g/mol. The van der Waals surface area contributed by atoms with Crippen LogP contribution in [-0.4, -0.2) is 26.1 Å². The van der Waals surface area contributed by atoms with E-state index in [9.17, 15) is 26.4 Å². The minimum atomic E-state index is -4.54. The molecule has 1 aliphatic rings. The summed E-state index contributed by atoms with van der Waals surface area (Å²) in [6, 6.07) is 3.45. The number of benzene rings is 1. The van der Waals surface area contributed by atoms with Gasteiger partial charge in [-0.25, -0.2) is 13.6 Å². The molecule has 1 heterocycles. The normalized spacial score (nSPS) is 20.1. The van der Waals surface area contributed by atoms with E-state index in [-0.39, 0.29) is 24.2 Å². The van der Waals surface area contributed by atoms with Gasteiger partial charge in [0.25, 0.3) is 0 Å². The van der Waals surface area contributed by atoms with E-state index in [1.165, 1.54) is 19.1 Å². The van der Waals surface area contributed by atoms with Gasteiger partial charge in [0.05, 0.1) is 5.56 Å². The van der Waals surface area contributed by atoms with Crippen LogP contribution in [0.3, 0.4) is 0 Å². The van der Waals surface area contributed by atoms with Crippen LogP contribution in [0.1, 0.15) is 17.5 Å². The second kappa shape index (κ2) is 4.99. The lowest BCUT2D eigenvalue weighted by Crippen LogP contribution is -2.32. The van der Waals surface area contributed by atoms with E-state index in [2.05, 4.69) is 0 Å². The fourth-order valence-corrected chi connectivity index (χ4v) is 2.96. The van der Waals surface area contributed by atoms with Crippen molar-refractivity contribution in [2.75, 3.05) is 11.4 Å². The highest BCUT2D eigenvalue weighted by molar-refractivity contribution is 7.89. The quantitative estimate of drug-likeness (QED) is 0.894. The number of primary sulfonamides is 1. The summed E-state index contributed by atoms with van der Waals surface area (Å²) in [5, 5.41) is 3.88. The van der Waals surface area contributed by atoms with Gasteiger partial charge in [0.2, 0.25) is 15.9 Å². The van der Waals surface area contributed by atoms with E-state index in [0.717, 1.165) is 11.0 Å². The van der Waals surface area contributed by atoms with Crippen LogP contribution in [0.4, 0.5) is 18.9 Å². The van der Waals surface area contributed by atoms with Crippen molar-refractivity contribution in [2.24, 2.45) is 5.14 Å². The highest BCUT2D eigenvalue weighted by Gasteiger charge is 2.38. The molecule has 2 rings (SSSR count). The van der Waals surface area contributed by atoms with Crippen molar-refractivity contribution < 1.29 is 26.4 Å². The van der Waals surface area contributed by atoms with Crippen molar-refractivity contribution in [3.05, 3.63) is 29.3 Å². The molecule has 1 fully saturated rings. The Hall–Kier alpha value is -1.61. The molecular weight excluding hydrogens is 309 g/mol. The molecule has 0 saturated carbocycles. The second-order valence-corrected chi connectivity index (χ2v) is 6.76. The SMILES string of the molecule is Cc1ccc(N2CC(S(N)(=O)=O)CC2=O)cc1C(F)(F)F. The van der Waals surface area contributed by atoms with Gasteiger partial charge in [0.1, 0.15) is 5.25 Å². The molecule has 2 N–H and O–H groups in total. The largest absolute Gasteiger partial charge is 0.416 e. The molecule has 0 aliphatic carbocycles. The zero-order chi connectivity index (χ0) is 16.0. The predicted octanol–water partition coefficient (Wildman–Crippen LogP) is 1.41. The number of sulfonamides is 1. The Kier molecular flexibility index (Phi) is 3.75. The van der Waals surface area contributed by atoms with Crippen molar-refractivity contribution in [2.45, 2.75) is 24.8 Å². The number of amides is 1. The Labute approximate surface area is 119 Å². The van der Waals surface area contributed by atoms with Crippen LogP contribution < -0.4 is 10.0 Å². The van der Waals surface area contributed by atoms with Crippen LogP contribution in [-0.2, 0) is 21.0 Å². The Morgan fingerprint density at radius 3 is 2.43 bits per heavy atom. The van der Waals surface area contributed by atoms with Crippen LogP contribution in [0.15, 0.2) is 18.2 Å². The van der Waals surface area contributed by atoms with Crippen LogP contribution >= 0.6 is 0 Å². The van der Waals surface area contributed by atoms with Crippen molar-refractivity contribution in [3.63, 3.8) is 0 Å². The standard InChI is InChI=1S/C12H13F3N2O3S/c1-7-2-3-8(4-10(7)12(13,14)15)17-6-9(5-11(17)18)21(16,19)20/h2-4,9H,5-6H2,1H3,(H2,16,19,20). The highest BCUT2D eigenvalue weighted by Crippen LogP contribution is 2.35. The average Bonchev–Trinajstić information content (AvgIpc) is 2.70. The Morgan fingerprint density at radius 2 is 1.95 bits per heavy atom. The monoisotopic (exact) mass is 322 g/mol. The Morgan fingerprint density at radius 1 is 1.33 bits per heavy atom. The Balaban J connectivity index is 2.38.